The van der Waals surface area contributed by atoms with Crippen LogP contribution in [-0.2, 0) is 4.79 Å². The third kappa shape index (κ3) is 2.25. The van der Waals surface area contributed by atoms with E-state index in [0.29, 0.717) is 12.4 Å². The van der Waals surface area contributed by atoms with Crippen LogP contribution < -0.4 is 5.32 Å². The van der Waals surface area contributed by atoms with Crippen LogP contribution in [0, 0.1) is 0 Å². The van der Waals surface area contributed by atoms with Crippen molar-refractivity contribution in [1.29, 1.82) is 0 Å². The number of hydrogen-bond acceptors (Lipinski definition) is 4. The minimum atomic E-state index is -0.828. The number of fused-ring (bicyclic) bond motifs is 1. The van der Waals surface area contributed by atoms with Gasteiger partial charge in [-0.25, -0.2) is 9.97 Å². The van der Waals surface area contributed by atoms with Gasteiger partial charge in [-0.05, 0) is 12.1 Å². The minimum absolute atomic E-state index is 0.0678. The first-order valence-corrected chi connectivity index (χ1v) is 4.93. The summed E-state index contributed by atoms with van der Waals surface area (Å²) in [4.78, 5) is 18.6. The van der Waals surface area contributed by atoms with Crippen molar-refractivity contribution in [3.05, 3.63) is 30.6 Å². The molecule has 0 saturated carbocycles. The first-order valence-electron chi connectivity index (χ1n) is 4.93. The van der Waals surface area contributed by atoms with Crippen molar-refractivity contribution in [1.82, 2.24) is 9.97 Å². The number of rotatable bonds is 4. The van der Waals surface area contributed by atoms with Gasteiger partial charge in [0.2, 0.25) is 0 Å². The Morgan fingerprint density at radius 1 is 1.31 bits per heavy atom. The maximum atomic E-state index is 10.4. The van der Waals surface area contributed by atoms with E-state index < -0.39 is 5.97 Å². The maximum Gasteiger partial charge on any atom is 0.305 e. The third-order valence-corrected chi connectivity index (χ3v) is 2.17. The zero-order chi connectivity index (χ0) is 11.4. The number of hydrogen-bond donors (Lipinski definition) is 2. The molecule has 5 heteroatoms. The lowest BCUT2D eigenvalue weighted by Crippen LogP contribution is -2.09. The molecule has 0 aliphatic carbocycles. The first-order chi connectivity index (χ1) is 7.77. The molecule has 2 N–H and O–H groups in total. The maximum absolute atomic E-state index is 10.4. The Hall–Kier alpha value is -2.17. The van der Waals surface area contributed by atoms with E-state index in [9.17, 15) is 4.79 Å². The molecule has 0 radical (unpaired) electrons. The lowest BCUT2D eigenvalue weighted by atomic mass is 10.2. The van der Waals surface area contributed by atoms with Gasteiger partial charge in [-0.3, -0.25) is 4.79 Å². The van der Waals surface area contributed by atoms with Crippen LogP contribution in [0.4, 0.5) is 5.82 Å². The first kappa shape index (κ1) is 10.4. The topological polar surface area (TPSA) is 75.1 Å². The van der Waals surface area contributed by atoms with Gasteiger partial charge in [0.1, 0.15) is 12.1 Å². The Morgan fingerprint density at radius 2 is 2.12 bits per heavy atom. The van der Waals surface area contributed by atoms with Crippen molar-refractivity contribution in [3.8, 4) is 0 Å². The van der Waals surface area contributed by atoms with Gasteiger partial charge in [0.25, 0.3) is 0 Å². The van der Waals surface area contributed by atoms with Gasteiger partial charge < -0.3 is 10.4 Å². The van der Waals surface area contributed by atoms with Crippen LogP contribution >= 0.6 is 0 Å². The summed E-state index contributed by atoms with van der Waals surface area (Å²) in [5.41, 5.74) is 0.843. The number of nitrogens with one attached hydrogen (secondary N) is 1. The van der Waals surface area contributed by atoms with E-state index in [4.69, 9.17) is 5.11 Å². The molecular formula is C11H11N3O2. The SMILES string of the molecule is O=C(O)CCNc1ncnc2ccccc12. The van der Waals surface area contributed by atoms with Crippen LogP contribution in [0.2, 0.25) is 0 Å². The van der Waals surface area contributed by atoms with Gasteiger partial charge in [-0.2, -0.15) is 0 Å². The zero-order valence-corrected chi connectivity index (χ0v) is 8.55. The monoisotopic (exact) mass is 217 g/mol. The highest BCUT2D eigenvalue weighted by Gasteiger charge is 2.02. The third-order valence-electron chi connectivity index (χ3n) is 2.17. The number of anilines is 1. The predicted molar refractivity (Wildman–Crippen MR) is 60.3 cm³/mol. The normalized spacial score (nSPS) is 10.2. The number of carboxylic acids is 1. The van der Waals surface area contributed by atoms with Crippen LogP contribution in [0.5, 0.6) is 0 Å². The standard InChI is InChI=1S/C11H11N3O2/c15-10(16)5-6-12-11-8-3-1-2-4-9(8)13-7-14-11/h1-4,7H,5-6H2,(H,15,16)(H,12,13,14). The van der Waals surface area contributed by atoms with E-state index in [1.165, 1.54) is 6.33 Å². The van der Waals surface area contributed by atoms with E-state index in [-0.39, 0.29) is 6.42 Å². The number of aliphatic carboxylic acids is 1. The highest BCUT2D eigenvalue weighted by molar-refractivity contribution is 5.88. The Labute approximate surface area is 92.2 Å². The quantitative estimate of drug-likeness (QED) is 0.812. The smallest absolute Gasteiger partial charge is 0.305 e. The molecule has 0 aliphatic heterocycles. The fourth-order valence-electron chi connectivity index (χ4n) is 1.43. The molecule has 1 aromatic heterocycles. The predicted octanol–water partition coefficient (Wildman–Crippen LogP) is 1.52. The molecule has 0 aliphatic rings. The van der Waals surface area contributed by atoms with Crippen molar-refractivity contribution < 1.29 is 9.90 Å². The summed E-state index contributed by atoms with van der Waals surface area (Å²) < 4.78 is 0. The second-order valence-electron chi connectivity index (χ2n) is 3.31. The molecule has 16 heavy (non-hydrogen) atoms. The highest BCUT2D eigenvalue weighted by atomic mass is 16.4. The van der Waals surface area contributed by atoms with Crippen LogP contribution in [-0.4, -0.2) is 27.6 Å². The Balaban J connectivity index is 2.20. The number of benzene rings is 1. The van der Waals surface area contributed by atoms with Gasteiger partial charge in [0.05, 0.1) is 11.9 Å². The van der Waals surface area contributed by atoms with E-state index in [2.05, 4.69) is 15.3 Å². The van der Waals surface area contributed by atoms with Crippen LogP contribution in [0.3, 0.4) is 0 Å². The average molecular weight is 217 g/mol. The van der Waals surface area contributed by atoms with Gasteiger partial charge in [-0.15, -0.1) is 0 Å². The fourth-order valence-corrected chi connectivity index (χ4v) is 1.43. The summed E-state index contributed by atoms with van der Waals surface area (Å²) >= 11 is 0. The van der Waals surface area contributed by atoms with Gasteiger partial charge in [-0.1, -0.05) is 12.1 Å². The molecule has 0 spiro atoms. The Kier molecular flexibility index (Phi) is 2.95. The lowest BCUT2D eigenvalue weighted by Gasteiger charge is -2.06. The van der Waals surface area contributed by atoms with E-state index in [1.807, 2.05) is 24.3 Å². The Bertz CT molecular complexity index is 508. The van der Waals surface area contributed by atoms with Crippen LogP contribution in [0.15, 0.2) is 30.6 Å². The molecule has 0 atom stereocenters. The lowest BCUT2D eigenvalue weighted by molar-refractivity contribution is -0.136. The average Bonchev–Trinajstić information content (AvgIpc) is 2.29. The van der Waals surface area contributed by atoms with Crippen molar-refractivity contribution in [2.75, 3.05) is 11.9 Å². The summed E-state index contributed by atoms with van der Waals surface area (Å²) in [5.74, 6) is -0.155. The molecule has 0 saturated heterocycles. The number of aromatic nitrogens is 2. The zero-order valence-electron chi connectivity index (χ0n) is 8.55. The second-order valence-corrected chi connectivity index (χ2v) is 3.31. The largest absolute Gasteiger partial charge is 0.481 e. The second kappa shape index (κ2) is 4.57. The molecule has 5 nitrogen and oxygen atoms in total. The molecule has 2 aromatic rings. The minimum Gasteiger partial charge on any atom is -0.481 e. The molecule has 0 unspecified atom stereocenters. The molecular weight excluding hydrogens is 206 g/mol. The summed E-state index contributed by atoms with van der Waals surface area (Å²) in [6.07, 6.45) is 1.53. The molecule has 2 rings (SSSR count). The van der Waals surface area contributed by atoms with Crippen LogP contribution in [0.1, 0.15) is 6.42 Å². The van der Waals surface area contributed by atoms with E-state index >= 15 is 0 Å². The van der Waals surface area contributed by atoms with E-state index in [1.54, 1.807) is 0 Å². The van der Waals surface area contributed by atoms with Crippen molar-refractivity contribution in [3.63, 3.8) is 0 Å². The number of nitrogens with zero attached hydrogens (tertiary/aromatic N) is 2. The molecule has 0 bridgehead atoms. The number of carbonyl (C=O) groups is 1. The number of carboxylic acid groups (broad SMARTS) is 1. The molecule has 82 valence electrons. The van der Waals surface area contributed by atoms with Crippen LogP contribution in [0.25, 0.3) is 10.9 Å². The molecule has 1 aromatic carbocycles. The van der Waals surface area contributed by atoms with Crippen molar-refractivity contribution >= 4 is 22.7 Å². The van der Waals surface area contributed by atoms with E-state index in [0.717, 1.165) is 10.9 Å². The van der Waals surface area contributed by atoms with Gasteiger partial charge >= 0.3 is 5.97 Å². The molecule has 1 heterocycles. The summed E-state index contributed by atoms with van der Waals surface area (Å²) in [6, 6.07) is 7.59. The molecule has 0 fully saturated rings. The summed E-state index contributed by atoms with van der Waals surface area (Å²) in [5, 5.41) is 12.4. The summed E-state index contributed by atoms with van der Waals surface area (Å²) in [6.45, 7) is 0.357. The summed E-state index contributed by atoms with van der Waals surface area (Å²) in [7, 11) is 0. The van der Waals surface area contributed by atoms with Crippen molar-refractivity contribution in [2.24, 2.45) is 0 Å². The highest BCUT2D eigenvalue weighted by Crippen LogP contribution is 2.17. The molecule has 0 amide bonds. The number of para-hydroxylation sites is 1. The van der Waals surface area contributed by atoms with Gasteiger partial charge in [0.15, 0.2) is 0 Å². The van der Waals surface area contributed by atoms with Crippen molar-refractivity contribution in [2.45, 2.75) is 6.42 Å². The fraction of sp³-hybridized carbons (Fsp3) is 0.182. The van der Waals surface area contributed by atoms with Gasteiger partial charge in [0, 0.05) is 11.9 Å². The Morgan fingerprint density at radius 3 is 2.94 bits per heavy atom.